The number of rotatable bonds is 0. The molecular formula is C11H12O2. The third-order valence-electron chi connectivity index (χ3n) is 5.68. The zero-order valence-electron chi connectivity index (χ0n) is 7.40. The van der Waals surface area contributed by atoms with Crippen molar-refractivity contribution in [3.8, 4) is 0 Å². The molecule has 5 saturated carbocycles. The molecule has 0 aromatic carbocycles. The van der Waals surface area contributed by atoms with Gasteiger partial charge in [-0.25, -0.2) is 0 Å². The van der Waals surface area contributed by atoms with E-state index in [1.165, 1.54) is 6.42 Å². The molecule has 0 amide bonds. The van der Waals surface area contributed by atoms with Crippen LogP contribution >= 0.6 is 0 Å². The monoisotopic (exact) mass is 176 g/mol. The molecule has 6 bridgehead atoms. The lowest BCUT2D eigenvalue weighted by atomic mass is 9.74. The minimum Gasteiger partial charge on any atom is -0.374 e. The van der Waals surface area contributed by atoms with Gasteiger partial charge < -0.3 is 4.74 Å². The predicted octanol–water partition coefficient (Wildman–Crippen LogP) is 0.999. The van der Waals surface area contributed by atoms with Crippen LogP contribution in [0.3, 0.4) is 0 Å². The Bertz CT molecular complexity index is 350. The fourth-order valence-electron chi connectivity index (χ4n) is 5.59. The summed E-state index contributed by atoms with van der Waals surface area (Å²) >= 11 is 0. The molecular weight excluding hydrogens is 164 g/mol. The molecule has 2 heteroatoms. The quantitative estimate of drug-likeness (QED) is 0.550. The molecule has 1 heterocycles. The first kappa shape index (κ1) is 6.18. The summed E-state index contributed by atoms with van der Waals surface area (Å²) in [5, 5.41) is 0. The zero-order valence-corrected chi connectivity index (χ0v) is 7.40. The highest BCUT2D eigenvalue weighted by molar-refractivity contribution is 5.92. The second kappa shape index (κ2) is 1.40. The lowest BCUT2D eigenvalue weighted by Crippen LogP contribution is -2.40. The topological polar surface area (TPSA) is 26.3 Å². The third kappa shape index (κ3) is 0.361. The van der Waals surface area contributed by atoms with E-state index in [0.29, 0.717) is 29.8 Å². The van der Waals surface area contributed by atoms with Crippen LogP contribution in [-0.4, -0.2) is 18.0 Å². The molecule has 0 aromatic rings. The maximum atomic E-state index is 12.0. The summed E-state index contributed by atoms with van der Waals surface area (Å²) in [5.74, 6) is 3.53. The fourth-order valence-corrected chi connectivity index (χ4v) is 5.59. The Morgan fingerprint density at radius 2 is 2.31 bits per heavy atom. The smallest absolute Gasteiger partial charge is 0.140 e. The standard InChI is InChI=1S/C11H12O2/c12-7-2-1-6-8-4-3-5-9(10(4)13-6)11(5,7)8/h4-6,8-10H,1-3H2/t4-,5-,6+,8+,9-,10+,11-/m1/s1. The summed E-state index contributed by atoms with van der Waals surface area (Å²) in [6.07, 6.45) is 4.16. The molecule has 0 N–H and O–H groups in total. The summed E-state index contributed by atoms with van der Waals surface area (Å²) < 4.78 is 6.03. The maximum Gasteiger partial charge on any atom is 0.140 e. The SMILES string of the molecule is O=C1CC[C@@H]2O[C@H]3[C@@H]4C[C@@H]5[C@H]3[C@@]15[C@@H]42. The molecule has 1 spiro atoms. The number of Topliss-reactive ketones (excluding diaryl/α,β-unsaturated/α-hetero) is 1. The lowest BCUT2D eigenvalue weighted by molar-refractivity contribution is -0.137. The van der Waals surface area contributed by atoms with Gasteiger partial charge in [-0.3, -0.25) is 4.79 Å². The molecule has 5 aliphatic carbocycles. The van der Waals surface area contributed by atoms with Crippen LogP contribution in [0.5, 0.6) is 0 Å². The maximum absolute atomic E-state index is 12.0. The van der Waals surface area contributed by atoms with E-state index in [1.54, 1.807) is 0 Å². The van der Waals surface area contributed by atoms with Gasteiger partial charge in [0, 0.05) is 23.7 Å². The summed E-state index contributed by atoms with van der Waals surface area (Å²) in [5.41, 5.74) is 0.205. The van der Waals surface area contributed by atoms with Crippen LogP contribution in [-0.2, 0) is 9.53 Å². The number of hydrogen-bond acceptors (Lipinski definition) is 2. The van der Waals surface area contributed by atoms with E-state index in [9.17, 15) is 4.79 Å². The zero-order chi connectivity index (χ0) is 8.37. The molecule has 1 saturated heterocycles. The van der Waals surface area contributed by atoms with Crippen LogP contribution in [0.1, 0.15) is 19.3 Å². The average molecular weight is 176 g/mol. The van der Waals surface area contributed by atoms with Crippen molar-refractivity contribution in [2.75, 3.05) is 0 Å². The number of carbonyl (C=O) groups excluding carboxylic acids is 1. The van der Waals surface area contributed by atoms with E-state index in [4.69, 9.17) is 4.74 Å². The number of ether oxygens (including phenoxy) is 1. The van der Waals surface area contributed by atoms with Crippen LogP contribution < -0.4 is 0 Å². The number of carbonyl (C=O) groups is 1. The van der Waals surface area contributed by atoms with Crippen molar-refractivity contribution in [1.29, 1.82) is 0 Å². The minimum atomic E-state index is 0.205. The van der Waals surface area contributed by atoms with E-state index in [1.807, 2.05) is 0 Å². The summed E-state index contributed by atoms with van der Waals surface area (Å²) in [6.45, 7) is 0. The van der Waals surface area contributed by atoms with Crippen LogP contribution in [0.15, 0.2) is 0 Å². The van der Waals surface area contributed by atoms with E-state index < -0.39 is 0 Å². The Labute approximate surface area is 76.6 Å². The van der Waals surface area contributed by atoms with Gasteiger partial charge in [-0.2, -0.15) is 0 Å². The van der Waals surface area contributed by atoms with Crippen molar-refractivity contribution in [2.45, 2.75) is 31.5 Å². The van der Waals surface area contributed by atoms with Gasteiger partial charge in [0.1, 0.15) is 5.78 Å². The first-order valence-electron chi connectivity index (χ1n) is 5.54. The van der Waals surface area contributed by atoms with E-state index in [2.05, 4.69) is 0 Å². The second-order valence-corrected chi connectivity index (χ2v) is 5.59. The largest absolute Gasteiger partial charge is 0.374 e. The van der Waals surface area contributed by atoms with Crippen molar-refractivity contribution in [1.82, 2.24) is 0 Å². The van der Waals surface area contributed by atoms with Gasteiger partial charge in [-0.15, -0.1) is 0 Å². The van der Waals surface area contributed by atoms with Crippen LogP contribution in [0.25, 0.3) is 0 Å². The van der Waals surface area contributed by atoms with Crippen LogP contribution in [0.4, 0.5) is 0 Å². The molecule has 13 heavy (non-hydrogen) atoms. The Morgan fingerprint density at radius 1 is 1.38 bits per heavy atom. The van der Waals surface area contributed by atoms with Gasteiger partial charge in [-0.1, -0.05) is 0 Å². The predicted molar refractivity (Wildman–Crippen MR) is 43.9 cm³/mol. The second-order valence-electron chi connectivity index (χ2n) is 5.59. The lowest BCUT2D eigenvalue weighted by Gasteiger charge is -2.33. The summed E-state index contributed by atoms with van der Waals surface area (Å²) in [4.78, 5) is 12.0. The van der Waals surface area contributed by atoms with E-state index in [0.717, 1.165) is 24.7 Å². The van der Waals surface area contributed by atoms with Crippen molar-refractivity contribution < 1.29 is 9.53 Å². The van der Waals surface area contributed by atoms with Gasteiger partial charge in [0.15, 0.2) is 0 Å². The first-order valence-corrected chi connectivity index (χ1v) is 5.54. The summed E-state index contributed by atoms with van der Waals surface area (Å²) in [6, 6.07) is 0. The van der Waals surface area contributed by atoms with Crippen LogP contribution in [0.2, 0.25) is 0 Å². The Hall–Kier alpha value is -0.370. The molecule has 68 valence electrons. The summed E-state index contributed by atoms with van der Waals surface area (Å²) in [7, 11) is 0. The molecule has 6 fully saturated rings. The molecule has 2 nitrogen and oxygen atoms in total. The van der Waals surface area contributed by atoms with Gasteiger partial charge >= 0.3 is 0 Å². The van der Waals surface area contributed by atoms with Crippen molar-refractivity contribution in [3.63, 3.8) is 0 Å². The Balaban J connectivity index is 1.83. The normalized spacial score (nSPS) is 74.9. The van der Waals surface area contributed by atoms with Crippen molar-refractivity contribution in [3.05, 3.63) is 0 Å². The van der Waals surface area contributed by atoms with Gasteiger partial charge in [-0.05, 0) is 24.7 Å². The highest BCUT2D eigenvalue weighted by atomic mass is 16.5. The van der Waals surface area contributed by atoms with Crippen LogP contribution in [0, 0.1) is 29.1 Å². The highest BCUT2D eigenvalue weighted by Crippen LogP contribution is 2.87. The molecule has 6 rings (SSSR count). The molecule has 0 unspecified atom stereocenters. The molecule has 1 aliphatic heterocycles. The minimum absolute atomic E-state index is 0.205. The Morgan fingerprint density at radius 3 is 3.08 bits per heavy atom. The number of ketones is 1. The first-order chi connectivity index (χ1) is 6.35. The molecule has 0 radical (unpaired) electrons. The van der Waals surface area contributed by atoms with Gasteiger partial charge in [0.25, 0.3) is 0 Å². The average Bonchev–Trinajstić information content (AvgIpc) is 2.58. The van der Waals surface area contributed by atoms with Crippen molar-refractivity contribution >= 4 is 5.78 Å². The van der Waals surface area contributed by atoms with E-state index >= 15 is 0 Å². The molecule has 6 aliphatic rings. The number of hydrogen-bond donors (Lipinski definition) is 0. The third-order valence-corrected chi connectivity index (χ3v) is 5.68. The molecule has 0 aromatic heterocycles. The Kier molecular flexibility index (Phi) is 0.666. The van der Waals surface area contributed by atoms with Gasteiger partial charge in [0.2, 0.25) is 0 Å². The van der Waals surface area contributed by atoms with Crippen molar-refractivity contribution in [2.24, 2.45) is 29.1 Å². The fraction of sp³-hybridized carbons (Fsp3) is 0.909. The van der Waals surface area contributed by atoms with E-state index in [-0.39, 0.29) is 5.41 Å². The highest BCUT2D eigenvalue weighted by Gasteiger charge is 2.90. The molecule has 7 atom stereocenters. The van der Waals surface area contributed by atoms with Gasteiger partial charge in [0.05, 0.1) is 12.2 Å².